The van der Waals surface area contributed by atoms with Crippen LogP contribution in [0, 0.1) is 12.3 Å². The first kappa shape index (κ1) is 13.1. The summed E-state index contributed by atoms with van der Waals surface area (Å²) in [6, 6.07) is -0.492. The van der Waals surface area contributed by atoms with Crippen molar-refractivity contribution in [2.24, 2.45) is 11.1 Å². The Bertz CT molecular complexity index is 368. The zero-order valence-electron chi connectivity index (χ0n) is 10.2. The summed E-state index contributed by atoms with van der Waals surface area (Å²) in [6.07, 6.45) is 1.80. The number of hydrogen-bond acceptors (Lipinski definition) is 4. The molecule has 0 saturated carbocycles. The molecule has 1 rings (SSSR count). The molecule has 3 N–H and O–H groups in total. The second kappa shape index (κ2) is 4.93. The summed E-state index contributed by atoms with van der Waals surface area (Å²) in [5.41, 5.74) is 5.62. The highest BCUT2D eigenvalue weighted by Crippen LogP contribution is 2.17. The molecule has 4 nitrogen and oxygen atoms in total. The van der Waals surface area contributed by atoms with E-state index in [1.54, 1.807) is 17.5 Å². The van der Waals surface area contributed by atoms with Gasteiger partial charge in [-0.15, -0.1) is 11.3 Å². The molecular weight excluding hydrogens is 222 g/mol. The van der Waals surface area contributed by atoms with Crippen molar-refractivity contribution in [1.29, 1.82) is 0 Å². The minimum Gasteiger partial charge on any atom is -0.348 e. The van der Waals surface area contributed by atoms with Crippen molar-refractivity contribution in [3.05, 3.63) is 16.1 Å². The highest BCUT2D eigenvalue weighted by molar-refractivity contribution is 7.11. The molecule has 5 heteroatoms. The van der Waals surface area contributed by atoms with E-state index in [2.05, 4.69) is 10.3 Å². The third-order valence-corrected chi connectivity index (χ3v) is 3.21. The predicted molar refractivity (Wildman–Crippen MR) is 66.1 cm³/mol. The van der Waals surface area contributed by atoms with Crippen LogP contribution in [0.1, 0.15) is 30.7 Å². The highest BCUT2D eigenvalue weighted by Gasteiger charge is 2.27. The number of amides is 1. The molecule has 0 unspecified atom stereocenters. The van der Waals surface area contributed by atoms with Gasteiger partial charge in [-0.1, -0.05) is 20.8 Å². The molecule has 1 aromatic heterocycles. The normalized spacial score (nSPS) is 13.6. The molecular formula is C11H19N3OS. The maximum atomic E-state index is 11.7. The van der Waals surface area contributed by atoms with Crippen molar-refractivity contribution in [1.82, 2.24) is 10.3 Å². The Hall–Kier alpha value is -0.940. The Morgan fingerprint density at radius 3 is 2.69 bits per heavy atom. The smallest absolute Gasteiger partial charge is 0.237 e. The number of hydrogen-bond donors (Lipinski definition) is 2. The van der Waals surface area contributed by atoms with E-state index in [1.165, 1.54) is 0 Å². The van der Waals surface area contributed by atoms with Crippen molar-refractivity contribution in [3.8, 4) is 0 Å². The predicted octanol–water partition coefficient (Wildman–Crippen LogP) is 1.44. The minimum absolute atomic E-state index is 0.125. The number of rotatable bonds is 3. The zero-order valence-corrected chi connectivity index (χ0v) is 11.0. The van der Waals surface area contributed by atoms with E-state index < -0.39 is 6.04 Å². The molecule has 0 aromatic carbocycles. The van der Waals surface area contributed by atoms with Crippen LogP contribution in [-0.4, -0.2) is 16.9 Å². The van der Waals surface area contributed by atoms with E-state index in [1.807, 2.05) is 27.7 Å². The standard InChI is InChI=1S/C11H19N3OS/c1-7-5-13-8(16-7)6-14-10(15)9(12)11(2,3)4/h5,9H,6,12H2,1-4H3,(H,14,15)/t9-/m0/s1. The van der Waals surface area contributed by atoms with Gasteiger partial charge >= 0.3 is 0 Å². The van der Waals surface area contributed by atoms with Crippen LogP contribution < -0.4 is 11.1 Å². The first-order valence-corrected chi connectivity index (χ1v) is 6.07. The van der Waals surface area contributed by atoms with Crippen LogP contribution in [0.3, 0.4) is 0 Å². The van der Waals surface area contributed by atoms with Gasteiger partial charge < -0.3 is 11.1 Å². The van der Waals surface area contributed by atoms with Crippen LogP contribution in [-0.2, 0) is 11.3 Å². The SMILES string of the molecule is Cc1cnc(CNC(=O)[C@H](N)C(C)(C)C)s1. The molecule has 0 aliphatic rings. The molecule has 1 amide bonds. The van der Waals surface area contributed by atoms with Crippen molar-refractivity contribution in [2.75, 3.05) is 0 Å². The fraction of sp³-hybridized carbons (Fsp3) is 0.636. The monoisotopic (exact) mass is 241 g/mol. The Morgan fingerprint density at radius 1 is 1.62 bits per heavy atom. The lowest BCUT2D eigenvalue weighted by molar-refractivity contribution is -0.124. The van der Waals surface area contributed by atoms with E-state index in [0.717, 1.165) is 9.88 Å². The fourth-order valence-electron chi connectivity index (χ4n) is 1.15. The molecule has 0 aliphatic heterocycles. The van der Waals surface area contributed by atoms with Gasteiger partial charge in [0.05, 0.1) is 12.6 Å². The lowest BCUT2D eigenvalue weighted by Crippen LogP contribution is -2.48. The first-order valence-electron chi connectivity index (χ1n) is 5.25. The molecule has 0 saturated heterocycles. The largest absolute Gasteiger partial charge is 0.348 e. The van der Waals surface area contributed by atoms with Crippen molar-refractivity contribution in [2.45, 2.75) is 40.3 Å². The van der Waals surface area contributed by atoms with Crippen molar-refractivity contribution in [3.63, 3.8) is 0 Å². The van der Waals surface area contributed by atoms with E-state index in [9.17, 15) is 4.79 Å². The molecule has 16 heavy (non-hydrogen) atoms. The topological polar surface area (TPSA) is 68.0 Å². The summed E-state index contributed by atoms with van der Waals surface area (Å²) >= 11 is 1.58. The summed E-state index contributed by atoms with van der Waals surface area (Å²) in [5, 5.41) is 3.71. The number of nitrogens with zero attached hydrogens (tertiary/aromatic N) is 1. The number of carbonyl (C=O) groups is 1. The Morgan fingerprint density at radius 2 is 2.25 bits per heavy atom. The lowest BCUT2D eigenvalue weighted by atomic mass is 9.87. The Balaban J connectivity index is 2.47. The average Bonchev–Trinajstić information content (AvgIpc) is 2.58. The summed E-state index contributed by atoms with van der Waals surface area (Å²) in [5.74, 6) is -0.125. The molecule has 1 atom stereocenters. The molecule has 1 heterocycles. The molecule has 0 aliphatic carbocycles. The van der Waals surface area contributed by atoms with Gasteiger partial charge in [-0.3, -0.25) is 4.79 Å². The minimum atomic E-state index is -0.492. The van der Waals surface area contributed by atoms with E-state index in [0.29, 0.717) is 6.54 Å². The lowest BCUT2D eigenvalue weighted by Gasteiger charge is -2.25. The molecule has 0 spiro atoms. The fourth-order valence-corrected chi connectivity index (χ4v) is 1.88. The Labute approximate surface area is 100 Å². The number of nitrogens with two attached hydrogens (primary N) is 1. The number of aryl methyl sites for hydroxylation is 1. The molecule has 0 radical (unpaired) electrons. The average molecular weight is 241 g/mol. The first-order chi connectivity index (χ1) is 7.30. The van der Waals surface area contributed by atoms with Gasteiger partial charge in [0, 0.05) is 11.1 Å². The van der Waals surface area contributed by atoms with Crippen molar-refractivity contribution >= 4 is 17.2 Å². The molecule has 1 aromatic rings. The maximum Gasteiger partial charge on any atom is 0.237 e. The van der Waals surface area contributed by atoms with Gasteiger partial charge in [0.2, 0.25) is 5.91 Å². The zero-order chi connectivity index (χ0) is 12.3. The van der Waals surface area contributed by atoms with Gasteiger partial charge in [-0.25, -0.2) is 4.98 Å². The van der Waals surface area contributed by atoms with Crippen molar-refractivity contribution < 1.29 is 4.79 Å². The third kappa shape index (κ3) is 3.57. The number of aromatic nitrogens is 1. The summed E-state index contributed by atoms with van der Waals surface area (Å²) < 4.78 is 0. The van der Waals surface area contributed by atoms with Crippen LogP contribution in [0.2, 0.25) is 0 Å². The quantitative estimate of drug-likeness (QED) is 0.841. The van der Waals surface area contributed by atoms with Crippen LogP contribution in [0.5, 0.6) is 0 Å². The number of thiazole rings is 1. The number of nitrogens with one attached hydrogen (secondary N) is 1. The summed E-state index contributed by atoms with van der Waals surface area (Å²) in [6.45, 7) is 8.30. The molecule has 0 fully saturated rings. The van der Waals surface area contributed by atoms with Gasteiger partial charge in [-0.2, -0.15) is 0 Å². The van der Waals surface area contributed by atoms with Crippen LogP contribution in [0.25, 0.3) is 0 Å². The second-order valence-electron chi connectivity index (χ2n) is 4.93. The summed E-state index contributed by atoms with van der Waals surface area (Å²) in [7, 11) is 0. The Kier molecular flexibility index (Phi) is 4.04. The van der Waals surface area contributed by atoms with E-state index in [4.69, 9.17) is 5.73 Å². The second-order valence-corrected chi connectivity index (χ2v) is 6.25. The maximum absolute atomic E-state index is 11.7. The van der Waals surface area contributed by atoms with Gasteiger partial charge in [0.15, 0.2) is 0 Å². The van der Waals surface area contributed by atoms with Gasteiger partial charge in [0.25, 0.3) is 0 Å². The molecule has 0 bridgehead atoms. The highest BCUT2D eigenvalue weighted by atomic mass is 32.1. The van der Waals surface area contributed by atoms with E-state index in [-0.39, 0.29) is 11.3 Å². The van der Waals surface area contributed by atoms with Crippen LogP contribution in [0.4, 0.5) is 0 Å². The number of carbonyl (C=O) groups excluding carboxylic acids is 1. The van der Waals surface area contributed by atoms with Gasteiger partial charge in [-0.05, 0) is 12.3 Å². The molecule has 90 valence electrons. The van der Waals surface area contributed by atoms with Crippen LogP contribution in [0.15, 0.2) is 6.20 Å². The van der Waals surface area contributed by atoms with E-state index >= 15 is 0 Å². The summed E-state index contributed by atoms with van der Waals surface area (Å²) in [4.78, 5) is 17.0. The third-order valence-electron chi connectivity index (χ3n) is 2.30. The van der Waals surface area contributed by atoms with Gasteiger partial charge in [0.1, 0.15) is 5.01 Å². The van der Waals surface area contributed by atoms with Crippen LogP contribution >= 0.6 is 11.3 Å².